The molecule has 0 bridgehead atoms. The minimum atomic E-state index is -1.00. The fourth-order valence-corrected chi connectivity index (χ4v) is 2.35. The van der Waals surface area contributed by atoms with Crippen LogP contribution >= 0.6 is 0 Å². The van der Waals surface area contributed by atoms with Gasteiger partial charge in [0.05, 0.1) is 5.41 Å². The third-order valence-electron chi connectivity index (χ3n) is 3.45. The van der Waals surface area contributed by atoms with Gasteiger partial charge in [-0.25, -0.2) is 0 Å². The van der Waals surface area contributed by atoms with E-state index in [9.17, 15) is 9.59 Å². The first-order valence-electron chi connectivity index (χ1n) is 6.28. The van der Waals surface area contributed by atoms with Crippen molar-refractivity contribution in [2.24, 2.45) is 0 Å². The molecule has 1 N–H and O–H groups in total. The Morgan fingerprint density at radius 1 is 1.32 bits per heavy atom. The smallest absolute Gasteiger partial charge is 0.323 e. The van der Waals surface area contributed by atoms with Gasteiger partial charge in [0, 0.05) is 6.54 Å². The van der Waals surface area contributed by atoms with Crippen LogP contribution in [0.1, 0.15) is 18.4 Å². The van der Waals surface area contributed by atoms with Crippen LogP contribution in [-0.2, 0) is 15.0 Å². The molecule has 0 spiro atoms. The van der Waals surface area contributed by atoms with Crippen molar-refractivity contribution in [1.82, 2.24) is 4.90 Å². The lowest BCUT2D eigenvalue weighted by Crippen LogP contribution is -2.42. The van der Waals surface area contributed by atoms with E-state index in [1.165, 1.54) is 4.90 Å². The molecular formula is C15H17NO3. The SMILES string of the molecule is C=CCN(CC(=O)O)C(=O)C1(c2ccccc2)CC1. The van der Waals surface area contributed by atoms with Gasteiger partial charge in [0.15, 0.2) is 0 Å². The van der Waals surface area contributed by atoms with E-state index in [0.29, 0.717) is 0 Å². The number of carbonyl (C=O) groups is 2. The molecule has 0 aromatic heterocycles. The Bertz CT molecular complexity index is 491. The van der Waals surface area contributed by atoms with E-state index in [0.717, 1.165) is 18.4 Å². The average molecular weight is 259 g/mol. The van der Waals surface area contributed by atoms with E-state index in [1.54, 1.807) is 6.08 Å². The fraction of sp³-hybridized carbons (Fsp3) is 0.333. The Kier molecular flexibility index (Phi) is 3.69. The van der Waals surface area contributed by atoms with Gasteiger partial charge < -0.3 is 10.0 Å². The molecule has 1 aromatic rings. The number of hydrogen-bond acceptors (Lipinski definition) is 2. The highest BCUT2D eigenvalue weighted by Gasteiger charge is 2.52. The number of carboxylic acids is 1. The molecule has 0 atom stereocenters. The molecule has 4 heteroatoms. The zero-order chi connectivity index (χ0) is 13.9. The summed E-state index contributed by atoms with van der Waals surface area (Å²) in [5.41, 5.74) is 0.458. The van der Waals surface area contributed by atoms with Gasteiger partial charge in [0.2, 0.25) is 5.91 Å². The first-order chi connectivity index (χ1) is 9.10. The predicted molar refractivity (Wildman–Crippen MR) is 71.8 cm³/mol. The predicted octanol–water partition coefficient (Wildman–Crippen LogP) is 1.82. The van der Waals surface area contributed by atoms with Crippen LogP contribution in [0.25, 0.3) is 0 Å². The van der Waals surface area contributed by atoms with E-state index < -0.39 is 11.4 Å². The highest BCUT2D eigenvalue weighted by Crippen LogP contribution is 2.49. The van der Waals surface area contributed by atoms with E-state index in [4.69, 9.17) is 5.11 Å². The number of amides is 1. The van der Waals surface area contributed by atoms with Crippen LogP contribution in [0.2, 0.25) is 0 Å². The summed E-state index contributed by atoms with van der Waals surface area (Å²) in [4.78, 5) is 24.8. The normalized spacial score (nSPS) is 15.6. The van der Waals surface area contributed by atoms with Crippen LogP contribution in [0.3, 0.4) is 0 Å². The summed E-state index contributed by atoms with van der Waals surface area (Å²) in [5.74, 6) is -1.11. The number of rotatable bonds is 6. The van der Waals surface area contributed by atoms with E-state index >= 15 is 0 Å². The molecule has 0 saturated heterocycles. The number of carboxylic acid groups (broad SMARTS) is 1. The van der Waals surface area contributed by atoms with Gasteiger partial charge in [-0.3, -0.25) is 9.59 Å². The fourth-order valence-electron chi connectivity index (χ4n) is 2.35. The first kappa shape index (κ1) is 13.3. The van der Waals surface area contributed by atoms with Gasteiger partial charge in [0.1, 0.15) is 6.54 Å². The summed E-state index contributed by atoms with van der Waals surface area (Å²) >= 11 is 0. The number of nitrogens with zero attached hydrogens (tertiary/aromatic N) is 1. The van der Waals surface area contributed by atoms with Crippen molar-refractivity contribution in [2.75, 3.05) is 13.1 Å². The largest absolute Gasteiger partial charge is 0.480 e. The van der Waals surface area contributed by atoms with Crippen LogP contribution in [0.15, 0.2) is 43.0 Å². The Labute approximate surface area is 112 Å². The first-order valence-corrected chi connectivity index (χ1v) is 6.28. The summed E-state index contributed by atoms with van der Waals surface area (Å²) < 4.78 is 0. The van der Waals surface area contributed by atoms with Crippen molar-refractivity contribution in [3.8, 4) is 0 Å². The van der Waals surface area contributed by atoms with Crippen molar-refractivity contribution in [3.05, 3.63) is 48.6 Å². The summed E-state index contributed by atoms with van der Waals surface area (Å²) in [6.07, 6.45) is 3.12. The summed E-state index contributed by atoms with van der Waals surface area (Å²) in [7, 11) is 0. The lowest BCUT2D eigenvalue weighted by molar-refractivity contribution is -0.145. The van der Waals surface area contributed by atoms with Crippen molar-refractivity contribution in [3.63, 3.8) is 0 Å². The molecule has 1 aromatic carbocycles. The van der Waals surface area contributed by atoms with Gasteiger partial charge in [0.25, 0.3) is 0 Å². The van der Waals surface area contributed by atoms with Gasteiger partial charge in [-0.2, -0.15) is 0 Å². The molecule has 4 nitrogen and oxygen atoms in total. The molecular weight excluding hydrogens is 242 g/mol. The maximum Gasteiger partial charge on any atom is 0.323 e. The maximum atomic E-state index is 12.6. The lowest BCUT2D eigenvalue weighted by Gasteiger charge is -2.25. The van der Waals surface area contributed by atoms with Crippen LogP contribution in [0.4, 0.5) is 0 Å². The molecule has 0 radical (unpaired) electrons. The van der Waals surface area contributed by atoms with Crippen LogP contribution in [-0.4, -0.2) is 35.0 Å². The Morgan fingerprint density at radius 3 is 2.42 bits per heavy atom. The molecule has 100 valence electrons. The Morgan fingerprint density at radius 2 is 1.95 bits per heavy atom. The van der Waals surface area contributed by atoms with E-state index in [2.05, 4.69) is 6.58 Å². The van der Waals surface area contributed by atoms with Crippen molar-refractivity contribution in [2.45, 2.75) is 18.3 Å². The van der Waals surface area contributed by atoms with Gasteiger partial charge in [-0.15, -0.1) is 6.58 Å². The quantitative estimate of drug-likeness (QED) is 0.793. The molecule has 1 aliphatic rings. The molecule has 2 rings (SSSR count). The zero-order valence-corrected chi connectivity index (χ0v) is 10.7. The van der Waals surface area contributed by atoms with Gasteiger partial charge >= 0.3 is 5.97 Å². The Balaban J connectivity index is 2.22. The summed E-state index contributed by atoms with van der Waals surface area (Å²) in [6.45, 7) is 3.56. The molecule has 0 aliphatic heterocycles. The highest BCUT2D eigenvalue weighted by atomic mass is 16.4. The summed E-state index contributed by atoms with van der Waals surface area (Å²) in [6, 6.07) is 9.56. The second kappa shape index (κ2) is 5.26. The number of benzene rings is 1. The summed E-state index contributed by atoms with van der Waals surface area (Å²) in [5, 5.41) is 8.89. The highest BCUT2D eigenvalue weighted by molar-refractivity contribution is 5.93. The second-order valence-corrected chi connectivity index (χ2v) is 4.82. The standard InChI is InChI=1S/C15H17NO3/c1-2-10-16(11-13(17)18)14(19)15(8-9-15)12-6-4-3-5-7-12/h2-7H,1,8-11H2,(H,17,18). The van der Waals surface area contributed by atoms with Crippen molar-refractivity contribution < 1.29 is 14.7 Å². The third kappa shape index (κ3) is 2.67. The van der Waals surface area contributed by atoms with Gasteiger partial charge in [-0.1, -0.05) is 36.4 Å². The van der Waals surface area contributed by atoms with E-state index in [-0.39, 0.29) is 19.0 Å². The van der Waals surface area contributed by atoms with E-state index in [1.807, 2.05) is 30.3 Å². The molecule has 1 fully saturated rings. The lowest BCUT2D eigenvalue weighted by atomic mass is 9.94. The van der Waals surface area contributed by atoms with Crippen LogP contribution < -0.4 is 0 Å². The third-order valence-corrected chi connectivity index (χ3v) is 3.45. The topological polar surface area (TPSA) is 57.6 Å². The van der Waals surface area contributed by atoms with Crippen molar-refractivity contribution in [1.29, 1.82) is 0 Å². The molecule has 1 saturated carbocycles. The number of aliphatic carboxylic acids is 1. The Hall–Kier alpha value is -2.10. The van der Waals surface area contributed by atoms with Crippen LogP contribution in [0, 0.1) is 0 Å². The molecule has 0 unspecified atom stereocenters. The van der Waals surface area contributed by atoms with Gasteiger partial charge in [-0.05, 0) is 18.4 Å². The van der Waals surface area contributed by atoms with Crippen LogP contribution in [0.5, 0.6) is 0 Å². The minimum Gasteiger partial charge on any atom is -0.480 e. The maximum absolute atomic E-state index is 12.6. The minimum absolute atomic E-state index is 0.110. The molecule has 1 amide bonds. The number of hydrogen-bond donors (Lipinski definition) is 1. The van der Waals surface area contributed by atoms with Crippen molar-refractivity contribution >= 4 is 11.9 Å². The molecule has 19 heavy (non-hydrogen) atoms. The number of carbonyl (C=O) groups excluding carboxylic acids is 1. The second-order valence-electron chi connectivity index (χ2n) is 4.82. The average Bonchev–Trinajstić information content (AvgIpc) is 3.19. The molecule has 0 heterocycles. The zero-order valence-electron chi connectivity index (χ0n) is 10.7. The monoisotopic (exact) mass is 259 g/mol. The molecule has 1 aliphatic carbocycles.